The van der Waals surface area contributed by atoms with E-state index in [9.17, 15) is 9.90 Å². The van der Waals surface area contributed by atoms with Crippen LogP contribution in [0.4, 0.5) is 0 Å². The molecule has 0 aromatic heterocycles. The first kappa shape index (κ1) is 16.3. The molecular weight excluding hydrogens is 256 g/mol. The van der Waals surface area contributed by atoms with Crippen LogP contribution in [0.15, 0.2) is 0 Å². The SMILES string of the molecule is CCc1c(C)c(OC(=O)C(C)CC)c(C)c(OC)c1O. The number of aromatic hydroxyl groups is 1. The Balaban J connectivity index is 3.35. The van der Waals surface area contributed by atoms with Gasteiger partial charge in [0.05, 0.1) is 13.0 Å². The van der Waals surface area contributed by atoms with E-state index < -0.39 is 0 Å². The molecule has 0 aliphatic carbocycles. The van der Waals surface area contributed by atoms with Crippen LogP contribution < -0.4 is 9.47 Å². The van der Waals surface area contributed by atoms with E-state index in [1.54, 1.807) is 6.92 Å². The van der Waals surface area contributed by atoms with Crippen molar-refractivity contribution in [3.8, 4) is 17.2 Å². The third-order valence-electron chi connectivity index (χ3n) is 3.75. The predicted octanol–water partition coefficient (Wildman–Crippen LogP) is 3.53. The summed E-state index contributed by atoms with van der Waals surface area (Å²) in [7, 11) is 1.50. The molecule has 0 aliphatic heterocycles. The predicted molar refractivity (Wildman–Crippen MR) is 78.6 cm³/mol. The van der Waals surface area contributed by atoms with Gasteiger partial charge in [0, 0.05) is 11.1 Å². The van der Waals surface area contributed by atoms with Gasteiger partial charge < -0.3 is 14.6 Å². The van der Waals surface area contributed by atoms with E-state index in [2.05, 4.69) is 0 Å². The molecule has 0 bridgehead atoms. The van der Waals surface area contributed by atoms with Gasteiger partial charge in [-0.15, -0.1) is 0 Å². The normalized spacial score (nSPS) is 12.1. The molecule has 20 heavy (non-hydrogen) atoms. The van der Waals surface area contributed by atoms with Crippen LogP contribution in [0.1, 0.15) is 43.9 Å². The van der Waals surface area contributed by atoms with Crippen LogP contribution in [0.2, 0.25) is 0 Å². The maximum atomic E-state index is 12.0. The van der Waals surface area contributed by atoms with Crippen molar-refractivity contribution < 1.29 is 19.4 Å². The van der Waals surface area contributed by atoms with Gasteiger partial charge in [0.25, 0.3) is 0 Å². The van der Waals surface area contributed by atoms with Crippen LogP contribution in [0, 0.1) is 19.8 Å². The van der Waals surface area contributed by atoms with Gasteiger partial charge >= 0.3 is 5.97 Å². The van der Waals surface area contributed by atoms with E-state index in [-0.39, 0.29) is 17.6 Å². The zero-order chi connectivity index (χ0) is 15.4. The van der Waals surface area contributed by atoms with Crippen molar-refractivity contribution in [3.05, 3.63) is 16.7 Å². The lowest BCUT2D eigenvalue weighted by molar-refractivity contribution is -0.138. The lowest BCUT2D eigenvalue weighted by atomic mass is 9.99. The molecule has 1 atom stereocenters. The molecule has 1 N–H and O–H groups in total. The van der Waals surface area contributed by atoms with Gasteiger partial charge in [-0.1, -0.05) is 20.8 Å². The van der Waals surface area contributed by atoms with Gasteiger partial charge in [-0.2, -0.15) is 0 Å². The molecule has 0 aliphatic rings. The third kappa shape index (κ3) is 2.89. The number of methoxy groups -OCH3 is 1. The highest BCUT2D eigenvalue weighted by Crippen LogP contribution is 2.43. The number of phenolic OH excluding ortho intramolecular Hbond substituents is 1. The first-order chi connectivity index (χ1) is 9.38. The highest BCUT2D eigenvalue weighted by molar-refractivity contribution is 5.77. The molecule has 1 aromatic carbocycles. The van der Waals surface area contributed by atoms with Gasteiger partial charge in [-0.3, -0.25) is 4.79 Å². The quantitative estimate of drug-likeness (QED) is 0.662. The Kier molecular flexibility index (Phi) is 5.43. The second kappa shape index (κ2) is 6.64. The largest absolute Gasteiger partial charge is 0.504 e. The van der Waals surface area contributed by atoms with E-state index in [0.717, 1.165) is 17.5 Å². The van der Waals surface area contributed by atoms with Crippen molar-refractivity contribution >= 4 is 5.97 Å². The summed E-state index contributed by atoms with van der Waals surface area (Å²) in [6, 6.07) is 0. The molecule has 0 fully saturated rings. The van der Waals surface area contributed by atoms with Crippen LogP contribution in [0.3, 0.4) is 0 Å². The summed E-state index contributed by atoms with van der Waals surface area (Å²) in [5, 5.41) is 10.2. The number of benzene rings is 1. The van der Waals surface area contributed by atoms with Gasteiger partial charge in [0.2, 0.25) is 0 Å². The molecule has 0 spiro atoms. The minimum Gasteiger partial charge on any atom is -0.504 e. The first-order valence-corrected chi connectivity index (χ1v) is 6.99. The summed E-state index contributed by atoms with van der Waals surface area (Å²) in [5.74, 6) is 0.599. The van der Waals surface area contributed by atoms with Gasteiger partial charge in [-0.25, -0.2) is 0 Å². The van der Waals surface area contributed by atoms with Crippen LogP contribution >= 0.6 is 0 Å². The zero-order valence-corrected chi connectivity index (χ0v) is 13.2. The van der Waals surface area contributed by atoms with Crippen LogP contribution in [0.25, 0.3) is 0 Å². The van der Waals surface area contributed by atoms with Crippen molar-refractivity contribution in [1.29, 1.82) is 0 Å². The summed E-state index contributed by atoms with van der Waals surface area (Å²) in [6.45, 7) is 9.36. The standard InChI is InChI=1S/C16H24O4/c1-7-9(3)16(18)20-14-10(4)12(8-2)13(17)15(19-6)11(14)5/h9,17H,7-8H2,1-6H3. The molecule has 4 heteroatoms. The number of ether oxygens (including phenoxy) is 2. The van der Waals surface area contributed by atoms with E-state index in [4.69, 9.17) is 9.47 Å². The lowest BCUT2D eigenvalue weighted by Crippen LogP contribution is -2.18. The summed E-state index contributed by atoms with van der Waals surface area (Å²) in [4.78, 5) is 12.0. The number of carbonyl (C=O) groups excluding carboxylic acids is 1. The van der Waals surface area contributed by atoms with Gasteiger partial charge in [0.1, 0.15) is 5.75 Å². The highest BCUT2D eigenvalue weighted by Gasteiger charge is 2.23. The summed E-state index contributed by atoms with van der Waals surface area (Å²) in [6.07, 6.45) is 1.37. The minimum atomic E-state index is -0.256. The number of hydrogen-bond donors (Lipinski definition) is 1. The fraction of sp³-hybridized carbons (Fsp3) is 0.562. The number of rotatable bonds is 5. The molecule has 0 radical (unpaired) electrons. The number of carbonyl (C=O) groups is 1. The third-order valence-corrected chi connectivity index (χ3v) is 3.75. The van der Waals surface area contributed by atoms with Crippen molar-refractivity contribution in [3.63, 3.8) is 0 Å². The van der Waals surface area contributed by atoms with Crippen LogP contribution in [-0.4, -0.2) is 18.2 Å². The molecule has 112 valence electrons. The zero-order valence-electron chi connectivity index (χ0n) is 13.2. The average Bonchev–Trinajstić information content (AvgIpc) is 2.43. The maximum Gasteiger partial charge on any atom is 0.314 e. The Labute approximate surface area is 120 Å². The Morgan fingerprint density at radius 1 is 1.20 bits per heavy atom. The first-order valence-electron chi connectivity index (χ1n) is 6.99. The van der Waals surface area contributed by atoms with Crippen LogP contribution in [-0.2, 0) is 11.2 Å². The fourth-order valence-electron chi connectivity index (χ4n) is 2.22. The van der Waals surface area contributed by atoms with E-state index in [0.29, 0.717) is 23.5 Å². The Morgan fingerprint density at radius 3 is 2.25 bits per heavy atom. The lowest BCUT2D eigenvalue weighted by Gasteiger charge is -2.19. The van der Waals surface area contributed by atoms with Crippen LogP contribution in [0.5, 0.6) is 17.2 Å². The van der Waals surface area contributed by atoms with Crippen molar-refractivity contribution in [2.24, 2.45) is 5.92 Å². The number of esters is 1. The fourth-order valence-corrected chi connectivity index (χ4v) is 2.22. The van der Waals surface area contributed by atoms with Crippen molar-refractivity contribution in [2.75, 3.05) is 7.11 Å². The topological polar surface area (TPSA) is 55.8 Å². The average molecular weight is 280 g/mol. The Bertz CT molecular complexity index is 475. The Morgan fingerprint density at radius 2 is 1.80 bits per heavy atom. The molecule has 1 rings (SSSR count). The summed E-state index contributed by atoms with van der Waals surface area (Å²) < 4.78 is 10.8. The monoisotopic (exact) mass is 280 g/mol. The van der Waals surface area contributed by atoms with Gasteiger partial charge in [-0.05, 0) is 32.3 Å². The summed E-state index contributed by atoms with van der Waals surface area (Å²) in [5.41, 5.74) is 2.19. The van der Waals surface area contributed by atoms with Gasteiger partial charge in [0.15, 0.2) is 11.5 Å². The molecule has 1 unspecified atom stereocenters. The minimum absolute atomic E-state index is 0.133. The molecule has 0 amide bonds. The second-order valence-electron chi connectivity index (χ2n) is 5.02. The number of hydrogen-bond acceptors (Lipinski definition) is 4. The van der Waals surface area contributed by atoms with E-state index >= 15 is 0 Å². The van der Waals surface area contributed by atoms with Crippen molar-refractivity contribution in [2.45, 2.75) is 47.5 Å². The molecule has 0 heterocycles. The maximum absolute atomic E-state index is 12.0. The highest BCUT2D eigenvalue weighted by atomic mass is 16.5. The smallest absolute Gasteiger partial charge is 0.314 e. The molecular formula is C16H24O4. The molecule has 1 aromatic rings. The van der Waals surface area contributed by atoms with E-state index in [1.165, 1.54) is 7.11 Å². The number of phenols is 1. The second-order valence-corrected chi connectivity index (χ2v) is 5.02. The molecule has 4 nitrogen and oxygen atoms in total. The van der Waals surface area contributed by atoms with E-state index in [1.807, 2.05) is 27.7 Å². The summed E-state index contributed by atoms with van der Waals surface area (Å²) >= 11 is 0. The molecule has 0 saturated heterocycles. The Hall–Kier alpha value is -1.71. The van der Waals surface area contributed by atoms with Crippen molar-refractivity contribution in [1.82, 2.24) is 0 Å². The molecule has 0 saturated carbocycles.